The van der Waals surface area contributed by atoms with Crippen molar-refractivity contribution in [2.24, 2.45) is 5.92 Å². The van der Waals surface area contributed by atoms with E-state index >= 15 is 0 Å². The number of aromatic nitrogens is 2. The van der Waals surface area contributed by atoms with Crippen molar-refractivity contribution in [2.45, 2.75) is 18.9 Å². The molecule has 0 saturated heterocycles. The molecular weight excluding hydrogens is 334 g/mol. The molecule has 2 aromatic rings. The van der Waals surface area contributed by atoms with Crippen molar-refractivity contribution in [2.75, 3.05) is 6.54 Å². The Labute approximate surface area is 129 Å². The summed E-state index contributed by atoms with van der Waals surface area (Å²) < 4.78 is 0.973. The van der Waals surface area contributed by atoms with E-state index < -0.39 is 6.09 Å². The molecule has 2 aliphatic rings. The first kappa shape index (κ1) is 12.9. The second-order valence-electron chi connectivity index (χ2n) is 5.65. The third-order valence-corrected chi connectivity index (χ3v) is 4.64. The lowest BCUT2D eigenvalue weighted by Crippen LogP contribution is -2.30. The number of nitrogens with one attached hydrogen (secondary N) is 1. The van der Waals surface area contributed by atoms with Gasteiger partial charge in [0.05, 0.1) is 11.0 Å². The van der Waals surface area contributed by atoms with Crippen LogP contribution in [0.25, 0.3) is 11.0 Å². The van der Waals surface area contributed by atoms with Crippen LogP contribution in [0.1, 0.15) is 24.7 Å². The molecule has 5 nitrogen and oxygen atoms in total. The van der Waals surface area contributed by atoms with Crippen LogP contribution in [0.2, 0.25) is 0 Å². The lowest BCUT2D eigenvalue weighted by molar-refractivity contribution is 0.142. The maximum Gasteiger partial charge on any atom is 0.408 e. The highest BCUT2D eigenvalue weighted by atomic mass is 79.9. The zero-order valence-electron chi connectivity index (χ0n) is 11.2. The third kappa shape index (κ3) is 2.23. The van der Waals surface area contributed by atoms with Gasteiger partial charge in [-0.05, 0) is 42.5 Å². The molecule has 1 aliphatic carbocycles. The van der Waals surface area contributed by atoms with Crippen LogP contribution in [0.5, 0.6) is 0 Å². The van der Waals surface area contributed by atoms with Crippen LogP contribution in [-0.2, 0) is 0 Å². The zero-order chi connectivity index (χ0) is 14.6. The smallest absolute Gasteiger partial charge is 0.408 e. The summed E-state index contributed by atoms with van der Waals surface area (Å²) in [6, 6.07) is 5.51. The van der Waals surface area contributed by atoms with E-state index in [1.165, 1.54) is 23.3 Å². The van der Waals surface area contributed by atoms with Gasteiger partial charge in [0.15, 0.2) is 0 Å². The number of aromatic amines is 1. The van der Waals surface area contributed by atoms with E-state index in [4.69, 9.17) is 0 Å². The molecule has 1 aliphatic heterocycles. The van der Waals surface area contributed by atoms with Gasteiger partial charge in [0.25, 0.3) is 0 Å². The standard InChI is InChI=1S/C15H14BrN3O2/c16-10-3-4-11-12(6-10)18-14(17-11)13-5-9(8-1-2-8)7-19(13)15(20)21/h3-6,8,13H,1-2,7H2,(H,17,18)(H,20,21). The van der Waals surface area contributed by atoms with Gasteiger partial charge in [0.2, 0.25) is 0 Å². The number of benzene rings is 1. The second-order valence-corrected chi connectivity index (χ2v) is 6.57. The summed E-state index contributed by atoms with van der Waals surface area (Å²) in [4.78, 5) is 20.8. The van der Waals surface area contributed by atoms with E-state index in [0.717, 1.165) is 15.5 Å². The number of amides is 1. The van der Waals surface area contributed by atoms with Crippen molar-refractivity contribution in [3.8, 4) is 0 Å². The number of imidazole rings is 1. The van der Waals surface area contributed by atoms with Crippen LogP contribution >= 0.6 is 15.9 Å². The number of fused-ring (bicyclic) bond motifs is 1. The van der Waals surface area contributed by atoms with Crippen molar-refractivity contribution in [3.63, 3.8) is 0 Å². The Hall–Kier alpha value is -1.82. The molecule has 1 aromatic carbocycles. The number of hydrogen-bond donors (Lipinski definition) is 2. The quantitative estimate of drug-likeness (QED) is 0.813. The zero-order valence-corrected chi connectivity index (χ0v) is 12.8. The van der Waals surface area contributed by atoms with Crippen molar-refractivity contribution < 1.29 is 9.90 Å². The average Bonchev–Trinajstić information content (AvgIpc) is 3.05. The van der Waals surface area contributed by atoms with Gasteiger partial charge < -0.3 is 10.1 Å². The molecule has 2 N–H and O–H groups in total. The minimum Gasteiger partial charge on any atom is -0.465 e. The molecule has 4 rings (SSSR count). The summed E-state index contributed by atoms with van der Waals surface area (Å²) >= 11 is 3.43. The fourth-order valence-electron chi connectivity index (χ4n) is 2.91. The predicted molar refractivity (Wildman–Crippen MR) is 82.1 cm³/mol. The fraction of sp³-hybridized carbons (Fsp3) is 0.333. The number of rotatable bonds is 2. The Balaban J connectivity index is 1.75. The van der Waals surface area contributed by atoms with Gasteiger partial charge in [0.1, 0.15) is 11.9 Å². The Kier molecular flexibility index (Phi) is 2.82. The summed E-state index contributed by atoms with van der Waals surface area (Å²) in [6.07, 6.45) is 3.53. The monoisotopic (exact) mass is 347 g/mol. The molecule has 6 heteroatoms. The molecule has 1 atom stereocenters. The normalized spacial score (nSPS) is 21.9. The molecule has 1 amide bonds. The maximum atomic E-state index is 11.5. The highest BCUT2D eigenvalue weighted by Crippen LogP contribution is 2.42. The molecule has 0 bridgehead atoms. The number of H-pyrrole nitrogens is 1. The van der Waals surface area contributed by atoms with Crippen molar-refractivity contribution in [3.05, 3.63) is 40.1 Å². The second kappa shape index (κ2) is 4.59. The van der Waals surface area contributed by atoms with E-state index in [2.05, 4.69) is 32.0 Å². The topological polar surface area (TPSA) is 69.2 Å². The Morgan fingerprint density at radius 2 is 2.24 bits per heavy atom. The number of hydrogen-bond acceptors (Lipinski definition) is 2. The van der Waals surface area contributed by atoms with Gasteiger partial charge in [0, 0.05) is 11.0 Å². The first-order valence-electron chi connectivity index (χ1n) is 6.97. The minimum absolute atomic E-state index is 0.302. The third-order valence-electron chi connectivity index (χ3n) is 4.15. The van der Waals surface area contributed by atoms with Crippen molar-refractivity contribution in [1.82, 2.24) is 14.9 Å². The molecule has 108 valence electrons. The Morgan fingerprint density at radius 3 is 2.95 bits per heavy atom. The molecule has 21 heavy (non-hydrogen) atoms. The number of carboxylic acid groups (broad SMARTS) is 1. The van der Waals surface area contributed by atoms with Gasteiger partial charge in [-0.1, -0.05) is 22.0 Å². The molecular formula is C15H14BrN3O2. The molecule has 2 heterocycles. The van der Waals surface area contributed by atoms with Crippen LogP contribution in [0, 0.1) is 5.92 Å². The first-order chi connectivity index (χ1) is 10.1. The summed E-state index contributed by atoms with van der Waals surface area (Å²) in [5, 5.41) is 9.43. The van der Waals surface area contributed by atoms with Gasteiger partial charge in [-0.15, -0.1) is 0 Å². The van der Waals surface area contributed by atoms with Crippen LogP contribution < -0.4 is 0 Å². The van der Waals surface area contributed by atoms with E-state index in [1.54, 1.807) is 0 Å². The molecule has 0 radical (unpaired) electrons. The van der Waals surface area contributed by atoms with E-state index in [9.17, 15) is 9.90 Å². The molecule has 0 spiro atoms. The summed E-state index contributed by atoms with van der Waals surface area (Å²) in [5.74, 6) is 1.27. The number of nitrogens with zero attached hydrogens (tertiary/aromatic N) is 2. The lowest BCUT2D eigenvalue weighted by Gasteiger charge is -2.19. The van der Waals surface area contributed by atoms with Crippen molar-refractivity contribution in [1.29, 1.82) is 0 Å². The molecule has 1 fully saturated rings. The Morgan fingerprint density at radius 1 is 1.43 bits per heavy atom. The Bertz CT molecular complexity index is 763. The maximum absolute atomic E-state index is 11.5. The van der Waals surface area contributed by atoms with Crippen LogP contribution in [0.4, 0.5) is 4.79 Å². The summed E-state index contributed by atoms with van der Waals surface area (Å²) in [7, 11) is 0. The van der Waals surface area contributed by atoms with Crippen LogP contribution in [-0.4, -0.2) is 32.6 Å². The minimum atomic E-state index is -0.895. The van der Waals surface area contributed by atoms with E-state index in [-0.39, 0.29) is 6.04 Å². The SMILES string of the molecule is O=C(O)N1CC(C2CC2)=CC1c1nc2ccc(Br)cc2[nH]1. The highest BCUT2D eigenvalue weighted by Gasteiger charge is 2.37. The molecule has 1 aromatic heterocycles. The highest BCUT2D eigenvalue weighted by molar-refractivity contribution is 9.10. The predicted octanol–water partition coefficient (Wildman–Crippen LogP) is 3.70. The first-order valence-corrected chi connectivity index (χ1v) is 7.76. The lowest BCUT2D eigenvalue weighted by atomic mass is 10.1. The van der Waals surface area contributed by atoms with Gasteiger partial charge >= 0.3 is 6.09 Å². The van der Waals surface area contributed by atoms with Gasteiger partial charge in [-0.25, -0.2) is 9.78 Å². The fourth-order valence-corrected chi connectivity index (χ4v) is 3.28. The summed E-state index contributed by atoms with van der Waals surface area (Å²) in [5.41, 5.74) is 3.01. The van der Waals surface area contributed by atoms with Crippen LogP contribution in [0.15, 0.2) is 34.3 Å². The largest absolute Gasteiger partial charge is 0.465 e. The molecule has 1 unspecified atom stereocenters. The van der Waals surface area contributed by atoms with Crippen molar-refractivity contribution >= 4 is 33.1 Å². The van der Waals surface area contributed by atoms with E-state index in [0.29, 0.717) is 18.3 Å². The van der Waals surface area contributed by atoms with E-state index in [1.807, 2.05) is 18.2 Å². The molecule has 1 saturated carbocycles. The van der Waals surface area contributed by atoms with Gasteiger partial charge in [-0.2, -0.15) is 0 Å². The number of halogens is 1. The summed E-state index contributed by atoms with van der Waals surface area (Å²) in [6.45, 7) is 0.505. The van der Waals surface area contributed by atoms with Gasteiger partial charge in [-0.3, -0.25) is 4.90 Å². The average molecular weight is 348 g/mol. The van der Waals surface area contributed by atoms with Crippen LogP contribution in [0.3, 0.4) is 0 Å². The number of carbonyl (C=O) groups is 1.